The molecule has 0 aliphatic heterocycles. The molecule has 2 amide bonds. The average molecular weight is 272 g/mol. The van der Waals surface area contributed by atoms with Crippen LogP contribution in [0.15, 0.2) is 18.2 Å². The molecule has 0 bridgehead atoms. The summed E-state index contributed by atoms with van der Waals surface area (Å²) in [4.78, 5) is 22.9. The zero-order chi connectivity index (χ0) is 14.4. The van der Waals surface area contributed by atoms with E-state index in [1.54, 1.807) is 6.92 Å². The summed E-state index contributed by atoms with van der Waals surface area (Å²) in [5.41, 5.74) is -0.681. The SMILES string of the molecule is CCC(CO)NC(=O)C(=O)Nc1c(F)cccc1F. The average Bonchev–Trinajstić information content (AvgIpc) is 2.39. The van der Waals surface area contributed by atoms with Crippen molar-refractivity contribution in [1.82, 2.24) is 5.32 Å². The number of nitrogens with one attached hydrogen (secondary N) is 2. The van der Waals surface area contributed by atoms with Gasteiger partial charge in [-0.1, -0.05) is 13.0 Å². The molecular formula is C12H14F2N2O3. The monoisotopic (exact) mass is 272 g/mol. The second-order valence-electron chi connectivity index (χ2n) is 3.81. The number of aliphatic hydroxyl groups excluding tert-OH is 1. The van der Waals surface area contributed by atoms with Gasteiger partial charge in [-0.25, -0.2) is 8.78 Å². The van der Waals surface area contributed by atoms with Gasteiger partial charge in [-0.2, -0.15) is 0 Å². The fraction of sp³-hybridized carbons (Fsp3) is 0.333. The number of rotatable bonds is 4. The van der Waals surface area contributed by atoms with Crippen LogP contribution in [0.25, 0.3) is 0 Å². The number of benzene rings is 1. The second kappa shape index (κ2) is 6.79. The van der Waals surface area contributed by atoms with Crippen LogP contribution < -0.4 is 10.6 Å². The van der Waals surface area contributed by atoms with Gasteiger partial charge in [-0.3, -0.25) is 9.59 Å². The lowest BCUT2D eigenvalue weighted by Crippen LogP contribution is -2.43. The molecule has 0 fully saturated rings. The third-order valence-electron chi connectivity index (χ3n) is 2.46. The normalized spacial score (nSPS) is 11.8. The molecule has 5 nitrogen and oxygen atoms in total. The van der Waals surface area contributed by atoms with Crippen molar-refractivity contribution in [2.75, 3.05) is 11.9 Å². The Morgan fingerprint density at radius 2 is 1.84 bits per heavy atom. The Hall–Kier alpha value is -2.02. The van der Waals surface area contributed by atoms with E-state index in [2.05, 4.69) is 5.32 Å². The highest BCUT2D eigenvalue weighted by atomic mass is 19.1. The van der Waals surface area contributed by atoms with Crippen LogP contribution in [0, 0.1) is 11.6 Å². The first-order chi connectivity index (χ1) is 8.99. The highest BCUT2D eigenvalue weighted by molar-refractivity contribution is 6.39. The van der Waals surface area contributed by atoms with Crippen molar-refractivity contribution in [3.05, 3.63) is 29.8 Å². The number of amides is 2. The molecule has 104 valence electrons. The van der Waals surface area contributed by atoms with Gasteiger partial charge >= 0.3 is 11.8 Å². The van der Waals surface area contributed by atoms with Crippen LogP contribution in [-0.4, -0.2) is 29.6 Å². The van der Waals surface area contributed by atoms with Crippen LogP contribution in [0.2, 0.25) is 0 Å². The number of anilines is 1. The first-order valence-corrected chi connectivity index (χ1v) is 5.66. The van der Waals surface area contributed by atoms with E-state index < -0.39 is 35.2 Å². The van der Waals surface area contributed by atoms with Crippen molar-refractivity contribution >= 4 is 17.5 Å². The third kappa shape index (κ3) is 3.99. The van der Waals surface area contributed by atoms with Crippen molar-refractivity contribution < 1.29 is 23.5 Å². The minimum absolute atomic E-state index is 0.330. The van der Waals surface area contributed by atoms with Gasteiger partial charge < -0.3 is 15.7 Å². The summed E-state index contributed by atoms with van der Waals surface area (Å²) < 4.78 is 26.5. The summed E-state index contributed by atoms with van der Waals surface area (Å²) in [5, 5.41) is 12.9. The molecule has 0 saturated carbocycles. The molecule has 7 heteroatoms. The Bertz CT molecular complexity index is 456. The van der Waals surface area contributed by atoms with Crippen LogP contribution in [0.1, 0.15) is 13.3 Å². The van der Waals surface area contributed by atoms with Crippen LogP contribution in [0.4, 0.5) is 14.5 Å². The maximum atomic E-state index is 13.2. The molecule has 0 aliphatic rings. The molecule has 1 aromatic rings. The predicted molar refractivity (Wildman–Crippen MR) is 64.3 cm³/mol. The summed E-state index contributed by atoms with van der Waals surface area (Å²) in [6.45, 7) is 1.37. The van der Waals surface area contributed by atoms with Gasteiger partial charge in [0, 0.05) is 0 Å². The molecule has 0 aliphatic carbocycles. The smallest absolute Gasteiger partial charge is 0.313 e. The van der Waals surface area contributed by atoms with E-state index in [9.17, 15) is 18.4 Å². The van der Waals surface area contributed by atoms with Crippen LogP contribution in [0.3, 0.4) is 0 Å². The van der Waals surface area contributed by atoms with Gasteiger partial charge in [0.05, 0.1) is 12.6 Å². The minimum atomic E-state index is -1.20. The molecule has 1 aromatic carbocycles. The Kier molecular flexibility index (Phi) is 5.37. The topological polar surface area (TPSA) is 78.4 Å². The molecule has 19 heavy (non-hydrogen) atoms. The Labute approximate surface area is 108 Å². The zero-order valence-electron chi connectivity index (χ0n) is 10.2. The molecule has 3 N–H and O–H groups in total. The quantitative estimate of drug-likeness (QED) is 0.709. The number of hydrogen-bond acceptors (Lipinski definition) is 3. The van der Waals surface area contributed by atoms with E-state index in [4.69, 9.17) is 5.11 Å². The molecule has 0 saturated heterocycles. The van der Waals surface area contributed by atoms with Crippen LogP contribution in [-0.2, 0) is 9.59 Å². The molecule has 1 rings (SSSR count). The van der Waals surface area contributed by atoms with Crippen molar-refractivity contribution in [1.29, 1.82) is 0 Å². The maximum Gasteiger partial charge on any atom is 0.313 e. The fourth-order valence-electron chi connectivity index (χ4n) is 1.32. The van der Waals surface area contributed by atoms with Crippen LogP contribution in [0.5, 0.6) is 0 Å². The standard InChI is InChI=1S/C12H14F2N2O3/c1-2-7(6-17)15-11(18)12(19)16-10-8(13)4-3-5-9(10)14/h3-5,7,17H,2,6H2,1H3,(H,15,18)(H,16,19). The molecule has 0 spiro atoms. The summed E-state index contributed by atoms with van der Waals surface area (Å²) in [6, 6.07) is 2.47. The lowest BCUT2D eigenvalue weighted by atomic mass is 10.2. The van der Waals surface area contributed by atoms with Gasteiger partial charge in [-0.15, -0.1) is 0 Å². The number of carbonyl (C=O) groups excluding carboxylic acids is 2. The summed E-state index contributed by atoms with van der Waals surface area (Å²) in [6.07, 6.45) is 0.420. The van der Waals surface area contributed by atoms with E-state index in [-0.39, 0.29) is 6.61 Å². The Balaban J connectivity index is 2.72. The number of aliphatic hydroxyl groups is 1. The summed E-state index contributed by atoms with van der Waals surface area (Å²) >= 11 is 0. The molecule has 0 heterocycles. The minimum Gasteiger partial charge on any atom is -0.394 e. The molecule has 0 radical (unpaired) electrons. The van der Waals surface area contributed by atoms with Gasteiger partial charge in [0.15, 0.2) is 0 Å². The maximum absolute atomic E-state index is 13.2. The number of para-hydroxylation sites is 1. The highest BCUT2D eigenvalue weighted by Gasteiger charge is 2.20. The predicted octanol–water partition coefficient (Wildman–Crippen LogP) is 0.790. The second-order valence-corrected chi connectivity index (χ2v) is 3.81. The Morgan fingerprint density at radius 1 is 1.26 bits per heavy atom. The number of carbonyl (C=O) groups is 2. The molecule has 0 aromatic heterocycles. The number of hydrogen-bond donors (Lipinski definition) is 3. The molecule has 1 atom stereocenters. The number of halogens is 2. The van der Waals surface area contributed by atoms with E-state index in [1.165, 1.54) is 0 Å². The highest BCUT2D eigenvalue weighted by Crippen LogP contribution is 2.17. The molecule has 1 unspecified atom stereocenters. The van der Waals surface area contributed by atoms with Gasteiger partial charge in [0.2, 0.25) is 0 Å². The lowest BCUT2D eigenvalue weighted by Gasteiger charge is -2.13. The van der Waals surface area contributed by atoms with Crippen molar-refractivity contribution in [2.24, 2.45) is 0 Å². The van der Waals surface area contributed by atoms with E-state index in [0.29, 0.717) is 6.42 Å². The van der Waals surface area contributed by atoms with Crippen molar-refractivity contribution in [3.8, 4) is 0 Å². The summed E-state index contributed by atoms with van der Waals surface area (Å²) in [7, 11) is 0. The third-order valence-corrected chi connectivity index (χ3v) is 2.46. The van der Waals surface area contributed by atoms with Crippen molar-refractivity contribution in [2.45, 2.75) is 19.4 Å². The fourth-order valence-corrected chi connectivity index (χ4v) is 1.32. The van der Waals surface area contributed by atoms with Gasteiger partial charge in [0.1, 0.15) is 17.3 Å². The summed E-state index contributed by atoms with van der Waals surface area (Å²) in [5.74, 6) is -4.22. The first kappa shape index (κ1) is 15.0. The van der Waals surface area contributed by atoms with E-state index >= 15 is 0 Å². The van der Waals surface area contributed by atoms with E-state index in [1.807, 2.05) is 5.32 Å². The zero-order valence-corrected chi connectivity index (χ0v) is 10.2. The van der Waals surface area contributed by atoms with Crippen LogP contribution >= 0.6 is 0 Å². The lowest BCUT2D eigenvalue weighted by molar-refractivity contribution is -0.136. The van der Waals surface area contributed by atoms with E-state index in [0.717, 1.165) is 18.2 Å². The Morgan fingerprint density at radius 3 is 2.32 bits per heavy atom. The van der Waals surface area contributed by atoms with Gasteiger partial charge in [-0.05, 0) is 18.6 Å². The first-order valence-electron chi connectivity index (χ1n) is 5.66. The molecular weight excluding hydrogens is 258 g/mol. The largest absolute Gasteiger partial charge is 0.394 e. The van der Waals surface area contributed by atoms with Gasteiger partial charge in [0.25, 0.3) is 0 Å². The van der Waals surface area contributed by atoms with Crippen molar-refractivity contribution in [3.63, 3.8) is 0 Å².